The number of pyridine rings is 1. The van der Waals surface area contributed by atoms with Crippen LogP contribution in [0.3, 0.4) is 0 Å². The number of hydrogen-bond acceptors (Lipinski definition) is 2. The van der Waals surface area contributed by atoms with Crippen molar-refractivity contribution >= 4 is 33.6 Å². The van der Waals surface area contributed by atoms with Crippen molar-refractivity contribution in [1.29, 1.82) is 0 Å². The standard InChI is InChI=1S/C16H11N2O.C11H8N.Ir/c1-17-8-9-18(11-17)12-6-7-14-13-4-2-3-5-15(13)19-16(14)10-12;1-2-6-10(7-3-1)11-8-4-5-9-12-11;/h2-5,7-10H,1H3;1-6,8-9H;/q+1;-1;. The molecule has 5 heteroatoms. The molecule has 157 valence electrons. The summed E-state index contributed by atoms with van der Waals surface area (Å²) in [6, 6.07) is 35.3. The van der Waals surface area contributed by atoms with Gasteiger partial charge in [-0.15, -0.1) is 42.0 Å². The summed E-state index contributed by atoms with van der Waals surface area (Å²) in [5.41, 5.74) is 4.72. The van der Waals surface area contributed by atoms with Crippen LogP contribution in [-0.2, 0) is 20.1 Å². The molecule has 2 aromatic heterocycles. The smallest absolute Gasteiger partial charge is 0.483 e. The van der Waals surface area contributed by atoms with Crippen molar-refractivity contribution in [2.75, 3.05) is 7.05 Å². The molecular formula is C27H19IrN3O. The van der Waals surface area contributed by atoms with Gasteiger partial charge in [-0.1, -0.05) is 50.9 Å². The molecule has 32 heavy (non-hydrogen) atoms. The second kappa shape index (κ2) is 9.67. The van der Waals surface area contributed by atoms with Crippen molar-refractivity contribution in [3.05, 3.63) is 110 Å². The van der Waals surface area contributed by atoms with Gasteiger partial charge in [-0.3, -0.25) is 0 Å². The molecule has 1 aliphatic heterocycles. The topological polar surface area (TPSA) is 32.0 Å². The average molecular weight is 594 g/mol. The monoisotopic (exact) mass is 594 g/mol. The number of nitrogens with zero attached hydrogens (tertiary/aromatic N) is 3. The van der Waals surface area contributed by atoms with Crippen LogP contribution in [0.5, 0.6) is 0 Å². The van der Waals surface area contributed by atoms with Gasteiger partial charge in [0.25, 0.3) is 6.20 Å². The first-order chi connectivity index (χ1) is 15.3. The second-order valence-corrected chi connectivity index (χ2v) is 7.06. The van der Waals surface area contributed by atoms with Crippen LogP contribution in [0.1, 0.15) is 0 Å². The number of fused-ring (bicyclic) bond motifs is 3. The van der Waals surface area contributed by atoms with Crippen LogP contribution < -0.4 is 0 Å². The molecule has 3 heterocycles. The zero-order valence-electron chi connectivity index (χ0n) is 17.3. The Morgan fingerprint density at radius 1 is 0.875 bits per heavy atom. The van der Waals surface area contributed by atoms with Gasteiger partial charge in [-0.25, -0.2) is 0 Å². The van der Waals surface area contributed by atoms with Crippen LogP contribution in [0.4, 0.5) is 5.69 Å². The maximum absolute atomic E-state index is 5.87. The minimum Gasteiger partial charge on any atom is -0.483 e. The quantitative estimate of drug-likeness (QED) is 0.189. The van der Waals surface area contributed by atoms with E-state index in [-0.39, 0.29) is 20.1 Å². The Labute approximate surface area is 199 Å². The molecule has 5 aromatic rings. The average Bonchev–Trinajstić information content (AvgIpc) is 3.43. The second-order valence-electron chi connectivity index (χ2n) is 7.06. The molecule has 0 bridgehead atoms. The maximum atomic E-state index is 5.87. The minimum atomic E-state index is 0. The summed E-state index contributed by atoms with van der Waals surface area (Å²) < 4.78 is 9.63. The number of para-hydroxylation sites is 1. The summed E-state index contributed by atoms with van der Waals surface area (Å²) in [4.78, 5) is 4.22. The van der Waals surface area contributed by atoms with Gasteiger partial charge in [0.2, 0.25) is 6.20 Å². The SMILES string of the molecule is C[N+]1=C=[N+](c2[c-]cc3c(c2)oc2ccccc23)C=C1.[Ir].[c-]1ccccc1-c1ccccn1. The van der Waals surface area contributed by atoms with Crippen LogP contribution >= 0.6 is 0 Å². The van der Waals surface area contributed by atoms with Gasteiger partial charge in [-0.2, -0.15) is 6.07 Å². The Morgan fingerprint density at radius 2 is 1.72 bits per heavy atom. The van der Waals surface area contributed by atoms with Crippen molar-refractivity contribution in [1.82, 2.24) is 4.98 Å². The van der Waals surface area contributed by atoms with Crippen molar-refractivity contribution in [2.24, 2.45) is 0 Å². The molecule has 0 amide bonds. The molecule has 0 saturated carbocycles. The summed E-state index contributed by atoms with van der Waals surface area (Å²) in [7, 11) is 1.94. The normalized spacial score (nSPS) is 12.0. The summed E-state index contributed by atoms with van der Waals surface area (Å²) in [6.45, 7) is 0. The molecule has 0 saturated heterocycles. The molecule has 0 unspecified atom stereocenters. The van der Waals surface area contributed by atoms with Crippen LogP contribution in [-0.4, -0.2) is 27.2 Å². The first-order valence-corrected chi connectivity index (χ1v) is 9.96. The molecule has 4 nitrogen and oxygen atoms in total. The van der Waals surface area contributed by atoms with Crippen molar-refractivity contribution in [2.45, 2.75) is 0 Å². The molecule has 0 aliphatic carbocycles. The number of rotatable bonds is 2. The summed E-state index contributed by atoms with van der Waals surface area (Å²) in [5.74, 6) is 0. The molecule has 0 spiro atoms. The molecule has 1 radical (unpaired) electrons. The summed E-state index contributed by atoms with van der Waals surface area (Å²) in [5, 5.41) is 2.22. The van der Waals surface area contributed by atoms with E-state index in [4.69, 9.17) is 4.42 Å². The maximum Gasteiger partial charge on any atom is 0.493 e. The van der Waals surface area contributed by atoms with E-state index in [1.807, 2.05) is 101 Å². The Morgan fingerprint density at radius 3 is 2.47 bits per heavy atom. The van der Waals surface area contributed by atoms with E-state index in [9.17, 15) is 0 Å². The van der Waals surface area contributed by atoms with Gasteiger partial charge in [0.1, 0.15) is 11.3 Å². The van der Waals surface area contributed by atoms with Crippen molar-refractivity contribution < 1.29 is 33.7 Å². The van der Waals surface area contributed by atoms with Crippen molar-refractivity contribution in [3.63, 3.8) is 0 Å². The van der Waals surface area contributed by atoms with Gasteiger partial charge in [0, 0.05) is 31.9 Å². The number of hydrogen-bond donors (Lipinski definition) is 0. The van der Waals surface area contributed by atoms with Crippen LogP contribution in [0.2, 0.25) is 0 Å². The molecule has 0 atom stereocenters. The number of aromatic nitrogens is 1. The third-order valence-electron chi connectivity index (χ3n) is 4.91. The molecule has 3 aromatic carbocycles. The van der Waals surface area contributed by atoms with Gasteiger partial charge in [0.05, 0.1) is 0 Å². The van der Waals surface area contributed by atoms with E-state index in [2.05, 4.69) is 29.2 Å². The van der Waals surface area contributed by atoms with Gasteiger partial charge >= 0.3 is 6.01 Å². The Kier molecular flexibility index (Phi) is 6.53. The number of benzene rings is 3. The fourth-order valence-corrected chi connectivity index (χ4v) is 3.40. The Bertz CT molecular complexity index is 1430. The zero-order valence-corrected chi connectivity index (χ0v) is 19.7. The molecule has 0 fully saturated rings. The molecule has 1 aliphatic rings. The van der Waals surface area contributed by atoms with Gasteiger partial charge in [-0.05, 0) is 23.2 Å². The minimum absolute atomic E-state index is 0. The largest absolute Gasteiger partial charge is 0.493 e. The van der Waals surface area contributed by atoms with Crippen LogP contribution in [0, 0.1) is 12.1 Å². The predicted octanol–water partition coefficient (Wildman–Crippen LogP) is 5.88. The summed E-state index contributed by atoms with van der Waals surface area (Å²) >= 11 is 0. The van der Waals surface area contributed by atoms with Gasteiger partial charge < -0.3 is 9.40 Å². The zero-order chi connectivity index (χ0) is 21.0. The fourth-order valence-electron chi connectivity index (χ4n) is 3.40. The van der Waals surface area contributed by atoms with E-state index in [1.54, 1.807) is 6.20 Å². The summed E-state index contributed by atoms with van der Waals surface area (Å²) in [6.07, 6.45) is 5.67. The molecule has 6 rings (SSSR count). The van der Waals surface area contributed by atoms with E-state index in [0.29, 0.717) is 0 Å². The predicted molar refractivity (Wildman–Crippen MR) is 121 cm³/mol. The number of furan rings is 1. The molecular weight excluding hydrogens is 575 g/mol. The van der Waals surface area contributed by atoms with Crippen LogP contribution in [0.15, 0.2) is 102 Å². The van der Waals surface area contributed by atoms with Crippen molar-refractivity contribution in [3.8, 4) is 11.3 Å². The Balaban J connectivity index is 0.000000164. The van der Waals surface area contributed by atoms with E-state index in [0.717, 1.165) is 38.9 Å². The van der Waals surface area contributed by atoms with E-state index in [1.165, 1.54) is 0 Å². The first kappa shape index (κ1) is 21.6. The van der Waals surface area contributed by atoms with E-state index >= 15 is 0 Å². The van der Waals surface area contributed by atoms with E-state index < -0.39 is 0 Å². The first-order valence-electron chi connectivity index (χ1n) is 9.96. The van der Waals surface area contributed by atoms with Gasteiger partial charge in [0.15, 0.2) is 7.05 Å². The third kappa shape index (κ3) is 4.51. The Hall–Kier alpha value is -3.62. The fraction of sp³-hybridized carbons (Fsp3) is 0.0370. The third-order valence-corrected chi connectivity index (χ3v) is 4.91. The molecule has 0 N–H and O–H groups in total. The van der Waals surface area contributed by atoms with Crippen LogP contribution in [0.25, 0.3) is 33.2 Å².